The fourth-order valence-corrected chi connectivity index (χ4v) is 3.51. The van der Waals surface area contributed by atoms with Gasteiger partial charge in [0, 0.05) is 26.2 Å². The number of carbonyl (C=O) groups excluding carboxylic acids is 1. The Balaban J connectivity index is 1.49. The van der Waals surface area contributed by atoms with Crippen molar-refractivity contribution in [3.05, 3.63) is 92.7 Å². The van der Waals surface area contributed by atoms with E-state index in [-0.39, 0.29) is 29.6 Å². The highest BCUT2D eigenvalue weighted by Gasteiger charge is 2.22. The van der Waals surface area contributed by atoms with E-state index in [0.717, 1.165) is 21.4 Å². The van der Waals surface area contributed by atoms with Gasteiger partial charge in [0.2, 0.25) is 5.82 Å². The molecule has 0 fully saturated rings. The van der Waals surface area contributed by atoms with Crippen molar-refractivity contribution >= 4 is 5.91 Å². The number of amides is 1. The van der Waals surface area contributed by atoms with E-state index in [1.54, 1.807) is 6.92 Å². The molecule has 0 aliphatic carbocycles. The highest BCUT2D eigenvalue weighted by molar-refractivity contribution is 5.89. The Labute approximate surface area is 204 Å². The molecule has 1 amide bonds. The lowest BCUT2D eigenvalue weighted by atomic mass is 10.2. The maximum absolute atomic E-state index is 13.3. The summed E-state index contributed by atoms with van der Waals surface area (Å²) in [5, 5.41) is 10.5. The van der Waals surface area contributed by atoms with Crippen molar-refractivity contribution in [2.24, 2.45) is 0 Å². The highest BCUT2D eigenvalue weighted by atomic mass is 19.1. The van der Waals surface area contributed by atoms with E-state index >= 15 is 0 Å². The number of hydrogen-bond donors (Lipinski definition) is 1. The zero-order valence-corrected chi connectivity index (χ0v) is 19.7. The number of likely N-dealkylation sites (N-methyl/N-ethyl adjacent to an activating group) is 1. The molecule has 2 aromatic heterocycles. The normalized spacial score (nSPS) is 11.1. The third-order valence-electron chi connectivity index (χ3n) is 5.35. The summed E-state index contributed by atoms with van der Waals surface area (Å²) in [6, 6.07) is 15.0. The van der Waals surface area contributed by atoms with Gasteiger partial charge in [-0.1, -0.05) is 35.5 Å². The van der Waals surface area contributed by atoms with Crippen molar-refractivity contribution < 1.29 is 13.7 Å². The molecular formula is C24H24FN7O4. The van der Waals surface area contributed by atoms with Gasteiger partial charge in [0.05, 0.1) is 5.69 Å². The lowest BCUT2D eigenvalue weighted by Crippen LogP contribution is -2.41. The summed E-state index contributed by atoms with van der Waals surface area (Å²) in [5.74, 6) is -1.69. The summed E-state index contributed by atoms with van der Waals surface area (Å²) in [6.45, 7) is 3.30. The van der Waals surface area contributed by atoms with Gasteiger partial charge in [0.25, 0.3) is 5.56 Å². The van der Waals surface area contributed by atoms with Gasteiger partial charge in [-0.05, 0) is 43.8 Å². The second kappa shape index (κ2) is 10.9. The summed E-state index contributed by atoms with van der Waals surface area (Å²) < 4.78 is 20.2. The summed E-state index contributed by atoms with van der Waals surface area (Å²) in [6.07, 6.45) is 0. The van der Waals surface area contributed by atoms with Crippen LogP contribution in [0.15, 0.2) is 68.7 Å². The molecule has 0 saturated carbocycles. The van der Waals surface area contributed by atoms with Crippen LogP contribution in [0.5, 0.6) is 0 Å². The molecule has 4 rings (SSSR count). The van der Waals surface area contributed by atoms with Crippen molar-refractivity contribution in [3.8, 4) is 17.2 Å². The monoisotopic (exact) mass is 493 g/mol. The maximum Gasteiger partial charge on any atom is 0.352 e. The van der Waals surface area contributed by atoms with Crippen LogP contribution in [-0.2, 0) is 13.1 Å². The minimum atomic E-state index is -0.740. The summed E-state index contributed by atoms with van der Waals surface area (Å²) in [4.78, 5) is 44.1. The Bertz CT molecular complexity index is 1460. The SMILES string of the molecule is CCn1c(=O)c(-c2noc(C(=O)NCCN(C)Cc3ccccc3)n2)nn(-c2ccc(F)cc2)c1=O. The maximum atomic E-state index is 13.3. The number of aromatic nitrogens is 5. The minimum Gasteiger partial charge on any atom is -0.347 e. The third kappa shape index (κ3) is 5.44. The first-order valence-electron chi connectivity index (χ1n) is 11.2. The largest absolute Gasteiger partial charge is 0.352 e. The summed E-state index contributed by atoms with van der Waals surface area (Å²) in [7, 11) is 1.93. The van der Waals surface area contributed by atoms with Gasteiger partial charge < -0.3 is 14.7 Å². The van der Waals surface area contributed by atoms with Crippen LogP contribution in [0.4, 0.5) is 4.39 Å². The number of nitrogens with one attached hydrogen (secondary N) is 1. The number of hydrogen-bond acceptors (Lipinski definition) is 8. The van der Waals surface area contributed by atoms with E-state index in [9.17, 15) is 18.8 Å². The van der Waals surface area contributed by atoms with Crippen LogP contribution in [0.2, 0.25) is 0 Å². The highest BCUT2D eigenvalue weighted by Crippen LogP contribution is 2.11. The molecule has 0 atom stereocenters. The van der Waals surface area contributed by atoms with Gasteiger partial charge in [-0.3, -0.25) is 14.2 Å². The fraction of sp³-hybridized carbons (Fsp3) is 0.250. The van der Waals surface area contributed by atoms with Gasteiger partial charge in [-0.25, -0.2) is 9.18 Å². The number of carbonyl (C=O) groups is 1. The zero-order chi connectivity index (χ0) is 25.7. The van der Waals surface area contributed by atoms with Crippen LogP contribution in [-0.4, -0.2) is 55.4 Å². The van der Waals surface area contributed by atoms with Gasteiger partial charge in [0.1, 0.15) is 5.82 Å². The van der Waals surface area contributed by atoms with Gasteiger partial charge in [-0.15, -0.1) is 0 Å². The van der Waals surface area contributed by atoms with Crippen molar-refractivity contribution in [1.29, 1.82) is 0 Å². The predicted molar refractivity (Wildman–Crippen MR) is 128 cm³/mol. The molecule has 12 heteroatoms. The standard InChI is InChI=1S/C24H24FN7O4/c1-3-31-23(34)19(28-32(24(31)35)18-11-9-17(25)10-12-18)20-27-22(36-29-20)21(33)26-13-14-30(2)15-16-7-5-4-6-8-16/h4-12H,3,13-15H2,1-2H3,(H,26,33). The van der Waals surface area contributed by atoms with Crippen LogP contribution in [0.3, 0.4) is 0 Å². The third-order valence-corrected chi connectivity index (χ3v) is 5.35. The van der Waals surface area contributed by atoms with E-state index in [4.69, 9.17) is 4.52 Å². The first-order valence-corrected chi connectivity index (χ1v) is 11.2. The van der Waals surface area contributed by atoms with Crippen molar-refractivity contribution in [3.63, 3.8) is 0 Å². The molecule has 0 aliphatic rings. The molecular weight excluding hydrogens is 469 g/mol. The van der Waals surface area contributed by atoms with Crippen molar-refractivity contribution in [2.75, 3.05) is 20.1 Å². The Kier molecular flexibility index (Phi) is 7.44. The van der Waals surface area contributed by atoms with E-state index in [2.05, 4.69) is 20.6 Å². The van der Waals surface area contributed by atoms with Crippen molar-refractivity contribution in [2.45, 2.75) is 20.0 Å². The van der Waals surface area contributed by atoms with Crippen LogP contribution >= 0.6 is 0 Å². The Hall–Kier alpha value is -4.45. The molecule has 2 heterocycles. The topological polar surface area (TPSA) is 128 Å². The summed E-state index contributed by atoms with van der Waals surface area (Å²) >= 11 is 0. The lowest BCUT2D eigenvalue weighted by Gasteiger charge is -2.16. The molecule has 0 spiro atoms. The average molecular weight is 493 g/mol. The van der Waals surface area contributed by atoms with Crippen LogP contribution in [0, 0.1) is 5.82 Å². The van der Waals surface area contributed by atoms with E-state index < -0.39 is 23.0 Å². The first kappa shape index (κ1) is 24.7. The van der Waals surface area contributed by atoms with Crippen molar-refractivity contribution in [1.82, 2.24) is 34.7 Å². The van der Waals surface area contributed by atoms with E-state index in [1.165, 1.54) is 24.3 Å². The van der Waals surface area contributed by atoms with Crippen LogP contribution < -0.4 is 16.6 Å². The second-order valence-corrected chi connectivity index (χ2v) is 7.97. The Morgan fingerprint density at radius 2 is 1.83 bits per heavy atom. The molecule has 0 saturated heterocycles. The molecule has 36 heavy (non-hydrogen) atoms. The quantitative estimate of drug-likeness (QED) is 0.371. The number of halogens is 1. The Morgan fingerprint density at radius 1 is 1.11 bits per heavy atom. The molecule has 2 aromatic carbocycles. The fourth-order valence-electron chi connectivity index (χ4n) is 3.51. The Morgan fingerprint density at radius 3 is 2.53 bits per heavy atom. The lowest BCUT2D eigenvalue weighted by molar-refractivity contribution is 0.0905. The molecule has 11 nitrogen and oxygen atoms in total. The molecule has 4 aromatic rings. The number of nitrogens with zero attached hydrogens (tertiary/aromatic N) is 6. The minimum absolute atomic E-state index is 0.0517. The van der Waals surface area contributed by atoms with Crippen LogP contribution in [0.1, 0.15) is 23.2 Å². The molecule has 0 bridgehead atoms. The zero-order valence-electron chi connectivity index (χ0n) is 19.7. The molecule has 1 N–H and O–H groups in total. The predicted octanol–water partition coefficient (Wildman–Crippen LogP) is 1.46. The van der Waals surface area contributed by atoms with Crippen LogP contribution in [0.25, 0.3) is 17.2 Å². The number of benzene rings is 2. The van der Waals surface area contributed by atoms with Gasteiger partial charge >= 0.3 is 17.5 Å². The van der Waals surface area contributed by atoms with Gasteiger partial charge in [0.15, 0.2) is 5.69 Å². The molecule has 0 radical (unpaired) electrons. The van der Waals surface area contributed by atoms with E-state index in [1.807, 2.05) is 42.3 Å². The average Bonchev–Trinajstić information content (AvgIpc) is 3.36. The second-order valence-electron chi connectivity index (χ2n) is 7.97. The smallest absolute Gasteiger partial charge is 0.347 e. The molecule has 0 aliphatic heterocycles. The number of rotatable bonds is 9. The van der Waals surface area contributed by atoms with E-state index in [0.29, 0.717) is 13.1 Å². The van der Waals surface area contributed by atoms with Gasteiger partial charge in [-0.2, -0.15) is 14.8 Å². The summed E-state index contributed by atoms with van der Waals surface area (Å²) in [5.41, 5.74) is -0.340. The molecule has 0 unspecified atom stereocenters. The first-order chi connectivity index (χ1) is 17.4. The molecule has 186 valence electrons.